The summed E-state index contributed by atoms with van der Waals surface area (Å²) in [5.41, 5.74) is 6.79. The van der Waals surface area contributed by atoms with E-state index in [9.17, 15) is 0 Å². The zero-order valence-corrected chi connectivity index (χ0v) is 7.83. The van der Waals surface area contributed by atoms with Crippen molar-refractivity contribution in [3.8, 4) is 0 Å². The topological polar surface area (TPSA) is 43.8 Å². The molecule has 2 N–H and O–H groups in total. The summed E-state index contributed by atoms with van der Waals surface area (Å²) in [4.78, 5) is 0. The number of aryl methyl sites for hydroxylation is 2. The molecule has 1 aromatic rings. The van der Waals surface area contributed by atoms with Crippen molar-refractivity contribution in [3.05, 3.63) is 18.0 Å². The highest BCUT2D eigenvalue weighted by molar-refractivity contribution is 4.99. The van der Waals surface area contributed by atoms with E-state index in [0.29, 0.717) is 0 Å². The van der Waals surface area contributed by atoms with E-state index < -0.39 is 0 Å². The summed E-state index contributed by atoms with van der Waals surface area (Å²) in [6, 6.07) is 2.34. The Morgan fingerprint density at radius 1 is 1.67 bits per heavy atom. The number of aromatic nitrogens is 2. The summed E-state index contributed by atoms with van der Waals surface area (Å²) in [5, 5.41) is 4.36. The molecule has 0 aliphatic heterocycles. The Kier molecular flexibility index (Phi) is 3.29. The maximum Gasteiger partial charge on any atom is 0.0625 e. The zero-order valence-electron chi connectivity index (χ0n) is 7.83. The summed E-state index contributed by atoms with van der Waals surface area (Å²) in [5.74, 6) is 0. The zero-order chi connectivity index (χ0) is 8.97. The van der Waals surface area contributed by atoms with Gasteiger partial charge in [0, 0.05) is 18.8 Å². The van der Waals surface area contributed by atoms with Gasteiger partial charge in [-0.1, -0.05) is 0 Å². The van der Waals surface area contributed by atoms with Gasteiger partial charge in [-0.15, -0.1) is 0 Å². The van der Waals surface area contributed by atoms with Crippen molar-refractivity contribution in [1.82, 2.24) is 9.78 Å². The van der Waals surface area contributed by atoms with Crippen molar-refractivity contribution in [2.24, 2.45) is 5.73 Å². The van der Waals surface area contributed by atoms with Crippen LogP contribution >= 0.6 is 0 Å². The third-order valence-electron chi connectivity index (χ3n) is 1.88. The molecule has 1 atom stereocenters. The normalized spacial score (nSPS) is 13.2. The Morgan fingerprint density at radius 2 is 2.42 bits per heavy atom. The number of hydrogen-bond donors (Lipinski definition) is 1. The molecule has 0 aliphatic rings. The van der Waals surface area contributed by atoms with Crippen molar-refractivity contribution in [2.75, 3.05) is 0 Å². The average Bonchev–Trinajstić information content (AvgIpc) is 2.48. The molecule has 1 heterocycles. The van der Waals surface area contributed by atoms with E-state index in [4.69, 9.17) is 5.73 Å². The molecular formula is C9H17N3. The summed E-state index contributed by atoms with van der Waals surface area (Å²) in [6.45, 7) is 5.05. The van der Waals surface area contributed by atoms with E-state index >= 15 is 0 Å². The standard InChI is InChI=1S/C9H17N3/c1-3-12-7-6-9(11-12)5-4-8(2)10/h6-8H,3-5,10H2,1-2H3/t8-/m1/s1. The average molecular weight is 167 g/mol. The second kappa shape index (κ2) is 4.26. The smallest absolute Gasteiger partial charge is 0.0625 e. The third-order valence-corrected chi connectivity index (χ3v) is 1.88. The van der Waals surface area contributed by atoms with Crippen LogP contribution < -0.4 is 5.73 Å². The molecule has 0 saturated heterocycles. The van der Waals surface area contributed by atoms with Crippen LogP contribution in [0.25, 0.3) is 0 Å². The fourth-order valence-corrected chi connectivity index (χ4v) is 1.09. The number of nitrogens with two attached hydrogens (primary N) is 1. The first-order chi connectivity index (χ1) is 5.72. The van der Waals surface area contributed by atoms with Gasteiger partial charge in [-0.05, 0) is 32.8 Å². The Morgan fingerprint density at radius 3 is 2.92 bits per heavy atom. The number of nitrogens with zero attached hydrogens (tertiary/aromatic N) is 2. The van der Waals surface area contributed by atoms with Gasteiger partial charge in [0.2, 0.25) is 0 Å². The van der Waals surface area contributed by atoms with Gasteiger partial charge in [0.15, 0.2) is 0 Å². The van der Waals surface area contributed by atoms with Gasteiger partial charge in [-0.2, -0.15) is 5.10 Å². The molecule has 0 radical (unpaired) electrons. The molecule has 12 heavy (non-hydrogen) atoms. The van der Waals surface area contributed by atoms with Crippen molar-refractivity contribution < 1.29 is 0 Å². The Labute approximate surface area is 73.6 Å². The van der Waals surface area contributed by atoms with Crippen LogP contribution in [0.5, 0.6) is 0 Å². The second-order valence-corrected chi connectivity index (χ2v) is 3.18. The third kappa shape index (κ3) is 2.66. The first kappa shape index (κ1) is 9.26. The number of hydrogen-bond acceptors (Lipinski definition) is 2. The Hall–Kier alpha value is -0.830. The van der Waals surface area contributed by atoms with Crippen molar-refractivity contribution in [2.45, 2.75) is 39.3 Å². The molecule has 3 heteroatoms. The van der Waals surface area contributed by atoms with E-state index in [1.54, 1.807) is 0 Å². The SMILES string of the molecule is CCn1ccc(CC[C@@H](C)N)n1. The maximum atomic E-state index is 5.64. The van der Waals surface area contributed by atoms with Crippen LogP contribution in [0.2, 0.25) is 0 Å². The molecule has 0 fully saturated rings. The molecule has 0 amide bonds. The maximum absolute atomic E-state index is 5.64. The van der Waals surface area contributed by atoms with Gasteiger partial charge in [0.05, 0.1) is 5.69 Å². The van der Waals surface area contributed by atoms with E-state index in [1.165, 1.54) is 0 Å². The van der Waals surface area contributed by atoms with Crippen molar-refractivity contribution in [3.63, 3.8) is 0 Å². The van der Waals surface area contributed by atoms with Crippen molar-refractivity contribution in [1.29, 1.82) is 0 Å². The lowest BCUT2D eigenvalue weighted by atomic mass is 10.1. The molecule has 0 saturated carbocycles. The molecule has 0 spiro atoms. The summed E-state index contributed by atoms with van der Waals surface area (Å²) >= 11 is 0. The number of rotatable bonds is 4. The fraction of sp³-hybridized carbons (Fsp3) is 0.667. The first-order valence-corrected chi connectivity index (χ1v) is 4.50. The van der Waals surface area contributed by atoms with Crippen LogP contribution in [0.3, 0.4) is 0 Å². The Balaban J connectivity index is 2.41. The highest BCUT2D eigenvalue weighted by atomic mass is 15.3. The van der Waals surface area contributed by atoms with Crippen LogP contribution in [0.1, 0.15) is 26.0 Å². The lowest BCUT2D eigenvalue weighted by Gasteiger charge is -2.01. The molecule has 0 aliphatic carbocycles. The largest absolute Gasteiger partial charge is 0.328 e. The molecule has 0 bridgehead atoms. The minimum atomic E-state index is 0.275. The molecule has 1 aromatic heterocycles. The minimum absolute atomic E-state index is 0.275. The second-order valence-electron chi connectivity index (χ2n) is 3.18. The predicted molar refractivity (Wildman–Crippen MR) is 49.9 cm³/mol. The predicted octanol–water partition coefficient (Wildman–Crippen LogP) is 1.18. The van der Waals surface area contributed by atoms with Gasteiger partial charge in [-0.3, -0.25) is 4.68 Å². The molecule has 68 valence electrons. The fourth-order valence-electron chi connectivity index (χ4n) is 1.09. The quantitative estimate of drug-likeness (QED) is 0.732. The Bertz CT molecular complexity index is 227. The highest BCUT2D eigenvalue weighted by Gasteiger charge is 1.99. The van der Waals surface area contributed by atoms with Crippen molar-refractivity contribution >= 4 is 0 Å². The van der Waals surface area contributed by atoms with Gasteiger partial charge in [-0.25, -0.2) is 0 Å². The molecule has 0 unspecified atom stereocenters. The lowest BCUT2D eigenvalue weighted by Crippen LogP contribution is -2.15. The van der Waals surface area contributed by atoms with Crippen LogP contribution in [0, 0.1) is 0 Å². The van der Waals surface area contributed by atoms with E-state index in [2.05, 4.69) is 18.1 Å². The first-order valence-electron chi connectivity index (χ1n) is 4.50. The highest BCUT2D eigenvalue weighted by Crippen LogP contribution is 2.01. The molecular weight excluding hydrogens is 150 g/mol. The van der Waals surface area contributed by atoms with E-state index in [1.807, 2.05) is 17.8 Å². The van der Waals surface area contributed by atoms with Gasteiger partial charge >= 0.3 is 0 Å². The van der Waals surface area contributed by atoms with Crippen LogP contribution in [0.15, 0.2) is 12.3 Å². The van der Waals surface area contributed by atoms with Gasteiger partial charge in [0.1, 0.15) is 0 Å². The van der Waals surface area contributed by atoms with E-state index in [-0.39, 0.29) is 6.04 Å². The summed E-state index contributed by atoms with van der Waals surface area (Å²) in [6.07, 6.45) is 4.02. The van der Waals surface area contributed by atoms with E-state index in [0.717, 1.165) is 25.1 Å². The minimum Gasteiger partial charge on any atom is -0.328 e. The van der Waals surface area contributed by atoms with Crippen LogP contribution in [-0.2, 0) is 13.0 Å². The monoisotopic (exact) mass is 167 g/mol. The van der Waals surface area contributed by atoms with Gasteiger partial charge in [0.25, 0.3) is 0 Å². The molecule has 0 aromatic carbocycles. The van der Waals surface area contributed by atoms with Gasteiger partial charge < -0.3 is 5.73 Å². The lowest BCUT2D eigenvalue weighted by molar-refractivity contribution is 0.619. The van der Waals surface area contributed by atoms with Crippen LogP contribution in [0.4, 0.5) is 0 Å². The molecule has 3 nitrogen and oxygen atoms in total. The molecule has 1 rings (SSSR count). The van der Waals surface area contributed by atoms with Crippen LogP contribution in [-0.4, -0.2) is 15.8 Å². The summed E-state index contributed by atoms with van der Waals surface area (Å²) in [7, 11) is 0. The summed E-state index contributed by atoms with van der Waals surface area (Å²) < 4.78 is 1.94.